The molecule has 0 saturated carbocycles. The van der Waals surface area contributed by atoms with Crippen LogP contribution in [0.4, 0.5) is 4.79 Å². The Kier molecular flexibility index (Phi) is 5.81. The summed E-state index contributed by atoms with van der Waals surface area (Å²) < 4.78 is 2.05. The molecule has 1 atom stereocenters. The third-order valence-corrected chi connectivity index (χ3v) is 5.58. The first kappa shape index (κ1) is 19.5. The molecule has 0 bridgehead atoms. The third-order valence-electron chi connectivity index (χ3n) is 5.37. The zero-order chi connectivity index (χ0) is 20.2. The highest BCUT2D eigenvalue weighted by molar-refractivity contribution is 6.29. The summed E-state index contributed by atoms with van der Waals surface area (Å²) in [7, 11) is 0. The van der Waals surface area contributed by atoms with Crippen LogP contribution in [0.1, 0.15) is 46.8 Å². The molecule has 7 heteroatoms. The second-order valence-corrected chi connectivity index (χ2v) is 7.78. The Labute approximate surface area is 175 Å². The zero-order valence-electron chi connectivity index (χ0n) is 16.4. The maximum Gasteiger partial charge on any atom is 0.315 e. The van der Waals surface area contributed by atoms with E-state index in [2.05, 4.69) is 37.5 Å². The van der Waals surface area contributed by atoms with Gasteiger partial charge in [-0.25, -0.2) is 9.78 Å². The first-order valence-corrected chi connectivity index (χ1v) is 10.2. The molecule has 2 aromatic heterocycles. The SMILES string of the molecule is Cc1cc(Cl)ncc1CNC(=O)NC1CCCc2c1cnn2Cc1ccccc1. The standard InChI is InChI=1S/C22H24ClN5O/c1-15-10-21(23)24-11-17(15)12-25-22(29)27-19-8-5-9-20-18(19)13-26-28(20)14-16-6-3-2-4-7-16/h2-4,6-7,10-11,13,19H,5,8-9,12,14H2,1H3,(H2,25,27,29). The largest absolute Gasteiger partial charge is 0.334 e. The van der Waals surface area contributed by atoms with Crippen LogP contribution in [-0.2, 0) is 19.5 Å². The summed E-state index contributed by atoms with van der Waals surface area (Å²) in [5.74, 6) is 0. The molecule has 4 rings (SSSR count). The molecule has 1 aromatic carbocycles. The van der Waals surface area contributed by atoms with Crippen LogP contribution in [0.3, 0.4) is 0 Å². The van der Waals surface area contributed by atoms with E-state index in [1.165, 1.54) is 11.3 Å². The Morgan fingerprint density at radius 3 is 2.90 bits per heavy atom. The van der Waals surface area contributed by atoms with E-state index in [-0.39, 0.29) is 12.1 Å². The van der Waals surface area contributed by atoms with Gasteiger partial charge < -0.3 is 10.6 Å². The normalized spacial score (nSPS) is 15.6. The highest BCUT2D eigenvalue weighted by Gasteiger charge is 2.25. The molecule has 2 N–H and O–H groups in total. The molecule has 1 unspecified atom stereocenters. The lowest BCUT2D eigenvalue weighted by atomic mass is 9.93. The monoisotopic (exact) mass is 409 g/mol. The number of aromatic nitrogens is 3. The molecule has 0 fully saturated rings. The first-order valence-electron chi connectivity index (χ1n) is 9.84. The fraction of sp³-hybridized carbons (Fsp3) is 0.318. The van der Waals surface area contributed by atoms with Crippen molar-refractivity contribution in [1.82, 2.24) is 25.4 Å². The molecule has 2 heterocycles. The van der Waals surface area contributed by atoms with Gasteiger partial charge in [0.15, 0.2) is 0 Å². The second-order valence-electron chi connectivity index (χ2n) is 7.40. The molecule has 1 aliphatic carbocycles. The maximum absolute atomic E-state index is 12.5. The van der Waals surface area contributed by atoms with Crippen molar-refractivity contribution in [2.75, 3.05) is 0 Å². The number of carbonyl (C=O) groups is 1. The number of rotatable bonds is 5. The predicted molar refractivity (Wildman–Crippen MR) is 113 cm³/mol. The number of nitrogens with zero attached hydrogens (tertiary/aromatic N) is 3. The summed E-state index contributed by atoms with van der Waals surface area (Å²) in [4.78, 5) is 16.6. The summed E-state index contributed by atoms with van der Waals surface area (Å²) in [5, 5.41) is 11.1. The second kappa shape index (κ2) is 8.66. The van der Waals surface area contributed by atoms with E-state index < -0.39 is 0 Å². The van der Waals surface area contributed by atoms with Gasteiger partial charge in [0.05, 0.1) is 18.8 Å². The van der Waals surface area contributed by atoms with Crippen LogP contribution in [0.15, 0.2) is 48.8 Å². The number of nitrogens with one attached hydrogen (secondary N) is 2. The number of benzene rings is 1. The van der Waals surface area contributed by atoms with Crippen molar-refractivity contribution in [1.29, 1.82) is 0 Å². The number of fused-ring (bicyclic) bond motifs is 1. The predicted octanol–water partition coefficient (Wildman–Crippen LogP) is 4.17. The topological polar surface area (TPSA) is 71.8 Å². The number of aryl methyl sites for hydroxylation is 1. The molecular weight excluding hydrogens is 386 g/mol. The molecule has 150 valence electrons. The smallest absolute Gasteiger partial charge is 0.315 e. The van der Waals surface area contributed by atoms with Crippen LogP contribution in [-0.4, -0.2) is 20.8 Å². The van der Waals surface area contributed by atoms with Crippen LogP contribution >= 0.6 is 11.6 Å². The average molecular weight is 410 g/mol. The highest BCUT2D eigenvalue weighted by atomic mass is 35.5. The van der Waals surface area contributed by atoms with Crippen molar-refractivity contribution in [3.63, 3.8) is 0 Å². The molecule has 2 amide bonds. The van der Waals surface area contributed by atoms with Crippen LogP contribution in [0.2, 0.25) is 5.15 Å². The lowest BCUT2D eigenvalue weighted by molar-refractivity contribution is 0.235. The van der Waals surface area contributed by atoms with Gasteiger partial charge in [-0.15, -0.1) is 0 Å². The minimum Gasteiger partial charge on any atom is -0.334 e. The Bertz CT molecular complexity index is 1000. The number of hydrogen-bond donors (Lipinski definition) is 2. The Morgan fingerprint density at radius 2 is 2.10 bits per heavy atom. The Hall–Kier alpha value is -2.86. The van der Waals surface area contributed by atoms with E-state index in [0.717, 1.165) is 42.5 Å². The average Bonchev–Trinajstić information content (AvgIpc) is 3.12. The van der Waals surface area contributed by atoms with Crippen molar-refractivity contribution in [3.05, 3.63) is 81.9 Å². The van der Waals surface area contributed by atoms with Gasteiger partial charge in [0.25, 0.3) is 0 Å². The van der Waals surface area contributed by atoms with Gasteiger partial charge >= 0.3 is 6.03 Å². The number of urea groups is 1. The lowest BCUT2D eigenvalue weighted by Gasteiger charge is -2.24. The van der Waals surface area contributed by atoms with E-state index in [1.807, 2.05) is 31.3 Å². The fourth-order valence-electron chi connectivity index (χ4n) is 3.78. The summed E-state index contributed by atoms with van der Waals surface area (Å²) in [6.45, 7) is 3.11. The summed E-state index contributed by atoms with van der Waals surface area (Å²) in [5.41, 5.74) is 5.50. The summed E-state index contributed by atoms with van der Waals surface area (Å²) in [6, 6.07) is 11.9. The van der Waals surface area contributed by atoms with E-state index in [1.54, 1.807) is 12.3 Å². The Balaban J connectivity index is 1.40. The number of halogens is 1. The van der Waals surface area contributed by atoms with Crippen molar-refractivity contribution in [2.45, 2.75) is 45.3 Å². The van der Waals surface area contributed by atoms with Crippen LogP contribution < -0.4 is 10.6 Å². The molecule has 3 aromatic rings. The van der Waals surface area contributed by atoms with Crippen molar-refractivity contribution in [3.8, 4) is 0 Å². The molecule has 0 saturated heterocycles. The number of carbonyl (C=O) groups excluding carboxylic acids is 1. The number of hydrogen-bond acceptors (Lipinski definition) is 3. The minimum absolute atomic E-state index is 0.0206. The van der Waals surface area contributed by atoms with Crippen LogP contribution in [0.5, 0.6) is 0 Å². The molecule has 29 heavy (non-hydrogen) atoms. The van der Waals surface area contributed by atoms with Gasteiger partial charge in [0.2, 0.25) is 0 Å². The summed E-state index contributed by atoms with van der Waals surface area (Å²) in [6.07, 6.45) is 6.52. The van der Waals surface area contributed by atoms with Crippen molar-refractivity contribution < 1.29 is 4.79 Å². The van der Waals surface area contributed by atoms with Crippen LogP contribution in [0, 0.1) is 6.92 Å². The van der Waals surface area contributed by atoms with Gasteiger partial charge in [-0.2, -0.15) is 5.10 Å². The molecule has 0 radical (unpaired) electrons. The molecule has 0 aliphatic heterocycles. The van der Waals surface area contributed by atoms with Gasteiger partial charge in [-0.05, 0) is 48.9 Å². The number of pyridine rings is 1. The molecule has 1 aliphatic rings. The van der Waals surface area contributed by atoms with Crippen molar-refractivity contribution >= 4 is 17.6 Å². The highest BCUT2D eigenvalue weighted by Crippen LogP contribution is 2.30. The van der Waals surface area contributed by atoms with E-state index in [0.29, 0.717) is 11.7 Å². The summed E-state index contributed by atoms with van der Waals surface area (Å²) >= 11 is 5.89. The van der Waals surface area contributed by atoms with Gasteiger partial charge in [0, 0.05) is 24.0 Å². The van der Waals surface area contributed by atoms with E-state index >= 15 is 0 Å². The van der Waals surface area contributed by atoms with Gasteiger partial charge in [-0.1, -0.05) is 41.9 Å². The molecule has 0 spiro atoms. The first-order chi connectivity index (χ1) is 14.1. The van der Waals surface area contributed by atoms with E-state index in [4.69, 9.17) is 11.6 Å². The van der Waals surface area contributed by atoms with Crippen LogP contribution in [0.25, 0.3) is 0 Å². The maximum atomic E-state index is 12.5. The molecule has 6 nitrogen and oxygen atoms in total. The van der Waals surface area contributed by atoms with Gasteiger partial charge in [0.1, 0.15) is 5.15 Å². The van der Waals surface area contributed by atoms with Crippen molar-refractivity contribution in [2.24, 2.45) is 0 Å². The minimum atomic E-state index is -0.187. The fourth-order valence-corrected chi connectivity index (χ4v) is 3.99. The Morgan fingerprint density at radius 1 is 1.28 bits per heavy atom. The quantitative estimate of drug-likeness (QED) is 0.621. The lowest BCUT2D eigenvalue weighted by Crippen LogP contribution is -2.38. The molecular formula is C22H24ClN5O. The zero-order valence-corrected chi connectivity index (χ0v) is 17.1. The number of amides is 2. The van der Waals surface area contributed by atoms with Gasteiger partial charge in [-0.3, -0.25) is 4.68 Å². The third kappa shape index (κ3) is 4.59. The van der Waals surface area contributed by atoms with E-state index in [9.17, 15) is 4.79 Å².